The molecule has 0 saturated carbocycles. The van der Waals surface area contributed by atoms with Crippen molar-refractivity contribution < 1.29 is 14.3 Å². The summed E-state index contributed by atoms with van der Waals surface area (Å²) >= 11 is 0. The van der Waals surface area contributed by atoms with Gasteiger partial charge in [-0.15, -0.1) is 0 Å². The molecule has 0 bridgehead atoms. The number of nitrogens with zero attached hydrogens (tertiary/aromatic N) is 1. The summed E-state index contributed by atoms with van der Waals surface area (Å²) in [5.74, 6) is 0.722. The molecule has 0 N–H and O–H groups in total. The molecular weight excluding hydrogens is 434 g/mol. The molecular formula is C31H31NO3. The molecule has 35 heavy (non-hydrogen) atoms. The maximum atomic E-state index is 13.5. The third-order valence-electron chi connectivity index (χ3n) is 6.93. The zero-order chi connectivity index (χ0) is 24.6. The summed E-state index contributed by atoms with van der Waals surface area (Å²) in [6, 6.07) is 25.8. The van der Waals surface area contributed by atoms with E-state index < -0.39 is 0 Å². The Morgan fingerprint density at radius 2 is 1.66 bits per heavy atom. The number of carbonyl (C=O) groups is 2. The lowest BCUT2D eigenvalue weighted by atomic mass is 9.69. The van der Waals surface area contributed by atoms with Gasteiger partial charge in [-0.25, -0.2) is 0 Å². The molecule has 3 aromatic rings. The maximum Gasteiger partial charge on any atom is 0.232 e. The summed E-state index contributed by atoms with van der Waals surface area (Å²) in [6.07, 6.45) is 1.48. The Morgan fingerprint density at radius 1 is 0.914 bits per heavy atom. The number of allylic oxidation sites excluding steroid dienone is 2. The van der Waals surface area contributed by atoms with Crippen LogP contribution in [0.5, 0.6) is 5.75 Å². The zero-order valence-corrected chi connectivity index (χ0v) is 20.6. The van der Waals surface area contributed by atoms with Crippen LogP contribution >= 0.6 is 0 Å². The monoisotopic (exact) mass is 465 g/mol. The number of para-hydroxylation sites is 1. The van der Waals surface area contributed by atoms with Crippen molar-refractivity contribution >= 4 is 17.4 Å². The second-order valence-electron chi connectivity index (χ2n) is 10.5. The van der Waals surface area contributed by atoms with Crippen molar-refractivity contribution in [1.82, 2.24) is 0 Å². The van der Waals surface area contributed by atoms with Gasteiger partial charge in [0.15, 0.2) is 5.78 Å². The minimum Gasteiger partial charge on any atom is -0.489 e. The first kappa shape index (κ1) is 23.1. The largest absolute Gasteiger partial charge is 0.489 e. The summed E-state index contributed by atoms with van der Waals surface area (Å²) in [7, 11) is 0. The van der Waals surface area contributed by atoms with E-state index in [0.717, 1.165) is 33.8 Å². The number of rotatable bonds is 5. The van der Waals surface area contributed by atoms with Crippen LogP contribution in [-0.4, -0.2) is 11.7 Å². The van der Waals surface area contributed by atoms with E-state index in [1.807, 2.05) is 60.7 Å². The number of amides is 1. The lowest BCUT2D eigenvalue weighted by Gasteiger charge is -2.43. The number of hydrogen-bond acceptors (Lipinski definition) is 3. The second-order valence-corrected chi connectivity index (χ2v) is 10.5. The van der Waals surface area contributed by atoms with Crippen LogP contribution in [0.3, 0.4) is 0 Å². The highest BCUT2D eigenvalue weighted by Crippen LogP contribution is 2.48. The van der Waals surface area contributed by atoms with Crippen LogP contribution in [0.25, 0.3) is 0 Å². The van der Waals surface area contributed by atoms with Crippen LogP contribution in [0.2, 0.25) is 0 Å². The van der Waals surface area contributed by atoms with Gasteiger partial charge in [0.2, 0.25) is 5.91 Å². The van der Waals surface area contributed by atoms with E-state index in [4.69, 9.17) is 4.74 Å². The van der Waals surface area contributed by atoms with Crippen molar-refractivity contribution in [2.24, 2.45) is 5.41 Å². The van der Waals surface area contributed by atoms with Crippen molar-refractivity contribution in [3.05, 3.63) is 107 Å². The molecule has 178 valence electrons. The lowest BCUT2D eigenvalue weighted by molar-refractivity contribution is -0.121. The fourth-order valence-corrected chi connectivity index (χ4v) is 5.34. The van der Waals surface area contributed by atoms with Crippen LogP contribution in [0, 0.1) is 12.3 Å². The van der Waals surface area contributed by atoms with E-state index in [-0.39, 0.29) is 29.4 Å². The topological polar surface area (TPSA) is 46.6 Å². The van der Waals surface area contributed by atoms with Crippen LogP contribution in [0.4, 0.5) is 5.69 Å². The Labute approximate surface area is 207 Å². The Bertz CT molecular complexity index is 1290. The van der Waals surface area contributed by atoms with Gasteiger partial charge in [-0.2, -0.15) is 0 Å². The van der Waals surface area contributed by atoms with Gasteiger partial charge in [0.1, 0.15) is 12.4 Å². The molecule has 1 atom stereocenters. The average molecular weight is 466 g/mol. The van der Waals surface area contributed by atoms with Gasteiger partial charge in [0.05, 0.1) is 0 Å². The molecule has 0 saturated heterocycles. The number of ether oxygens (including phenoxy) is 1. The summed E-state index contributed by atoms with van der Waals surface area (Å²) in [5.41, 5.74) is 5.61. The zero-order valence-electron chi connectivity index (χ0n) is 20.6. The highest BCUT2D eigenvalue weighted by atomic mass is 16.5. The van der Waals surface area contributed by atoms with E-state index in [2.05, 4.69) is 39.0 Å². The highest BCUT2D eigenvalue weighted by molar-refractivity contribution is 6.07. The molecule has 4 nitrogen and oxygen atoms in total. The molecule has 0 fully saturated rings. The van der Waals surface area contributed by atoms with E-state index in [0.29, 0.717) is 19.4 Å². The minimum atomic E-state index is -0.230. The molecule has 1 heterocycles. The van der Waals surface area contributed by atoms with Gasteiger partial charge in [-0.1, -0.05) is 74.0 Å². The predicted molar refractivity (Wildman–Crippen MR) is 138 cm³/mol. The quantitative estimate of drug-likeness (QED) is 0.419. The third-order valence-corrected chi connectivity index (χ3v) is 6.93. The summed E-state index contributed by atoms with van der Waals surface area (Å²) in [5, 5.41) is 0. The van der Waals surface area contributed by atoms with Crippen LogP contribution in [-0.2, 0) is 16.2 Å². The van der Waals surface area contributed by atoms with E-state index in [9.17, 15) is 9.59 Å². The van der Waals surface area contributed by atoms with Crippen molar-refractivity contribution in [3.8, 4) is 5.75 Å². The second kappa shape index (κ2) is 9.18. The van der Waals surface area contributed by atoms with Crippen molar-refractivity contribution in [3.63, 3.8) is 0 Å². The summed E-state index contributed by atoms with van der Waals surface area (Å²) in [6.45, 7) is 6.77. The van der Waals surface area contributed by atoms with Gasteiger partial charge in [-0.05, 0) is 54.2 Å². The van der Waals surface area contributed by atoms with Gasteiger partial charge < -0.3 is 4.74 Å². The van der Waals surface area contributed by atoms with E-state index >= 15 is 0 Å². The maximum absolute atomic E-state index is 13.5. The minimum absolute atomic E-state index is 0.0326. The Kier molecular flexibility index (Phi) is 6.06. The first-order chi connectivity index (χ1) is 16.8. The third kappa shape index (κ3) is 4.79. The van der Waals surface area contributed by atoms with Crippen molar-refractivity contribution in [1.29, 1.82) is 0 Å². The lowest BCUT2D eigenvalue weighted by Crippen LogP contribution is -2.43. The van der Waals surface area contributed by atoms with E-state index in [1.54, 1.807) is 4.90 Å². The number of aryl methyl sites for hydroxylation is 1. The van der Waals surface area contributed by atoms with Crippen LogP contribution < -0.4 is 9.64 Å². The number of hydrogen-bond donors (Lipinski definition) is 0. The van der Waals surface area contributed by atoms with Gasteiger partial charge in [-0.3, -0.25) is 14.5 Å². The Morgan fingerprint density at radius 3 is 2.37 bits per heavy atom. The molecule has 1 unspecified atom stereocenters. The van der Waals surface area contributed by atoms with E-state index in [1.165, 1.54) is 5.56 Å². The number of Topliss-reactive ketones (excluding diaryl/α,β-unsaturated/α-hetero) is 1. The van der Waals surface area contributed by atoms with Crippen molar-refractivity contribution in [2.75, 3.05) is 4.90 Å². The smallest absolute Gasteiger partial charge is 0.232 e. The number of carbonyl (C=O) groups excluding carboxylic acids is 2. The van der Waals surface area contributed by atoms with Gasteiger partial charge in [0.25, 0.3) is 0 Å². The molecule has 1 aliphatic carbocycles. The molecule has 1 aliphatic heterocycles. The standard InChI is InChI=1S/C31H31NO3/c1-21-8-7-9-22(16-21)20-35-25-14-12-23(13-15-25)26-17-29(34)32(24-10-5-4-6-11-24)27-18-31(2,3)19-28(33)30(26)27/h4-16,26H,17-20H2,1-3H3. The fourth-order valence-electron chi connectivity index (χ4n) is 5.34. The van der Waals surface area contributed by atoms with Crippen LogP contribution in [0.1, 0.15) is 55.7 Å². The molecule has 0 aromatic heterocycles. The first-order valence-corrected chi connectivity index (χ1v) is 12.2. The molecule has 3 aromatic carbocycles. The fraction of sp³-hybridized carbons (Fsp3) is 0.290. The summed E-state index contributed by atoms with van der Waals surface area (Å²) in [4.78, 5) is 28.7. The SMILES string of the molecule is Cc1cccc(COc2ccc(C3CC(=O)N(c4ccccc4)C4=C3C(=O)CC(C)(C)C4)cc2)c1. The van der Waals surface area contributed by atoms with Gasteiger partial charge >= 0.3 is 0 Å². The number of benzene rings is 3. The molecule has 0 spiro atoms. The number of ketones is 1. The highest BCUT2D eigenvalue weighted by Gasteiger charge is 2.44. The number of anilines is 1. The molecule has 1 amide bonds. The van der Waals surface area contributed by atoms with Gasteiger partial charge in [0, 0.05) is 35.7 Å². The first-order valence-electron chi connectivity index (χ1n) is 12.2. The summed E-state index contributed by atoms with van der Waals surface area (Å²) < 4.78 is 5.99. The Balaban J connectivity index is 1.45. The van der Waals surface area contributed by atoms with Crippen LogP contribution in [0.15, 0.2) is 90.1 Å². The molecule has 4 heteroatoms. The molecule has 2 aliphatic rings. The molecule has 0 radical (unpaired) electrons. The Hall–Kier alpha value is -3.66. The average Bonchev–Trinajstić information content (AvgIpc) is 2.82. The predicted octanol–water partition coefficient (Wildman–Crippen LogP) is 6.74. The normalized spacial score (nSPS) is 19.5. The van der Waals surface area contributed by atoms with Crippen molar-refractivity contribution in [2.45, 2.75) is 52.6 Å². The molecule has 5 rings (SSSR count).